The van der Waals surface area contributed by atoms with Crippen molar-refractivity contribution < 1.29 is 19.5 Å². The Kier molecular flexibility index (Phi) is 3.93. The topological polar surface area (TPSA) is 71.4 Å². The molecule has 4 heteroatoms. The van der Waals surface area contributed by atoms with Crippen LogP contribution in [0.1, 0.15) is 29.8 Å². The third-order valence-corrected chi connectivity index (χ3v) is 1.94. The van der Waals surface area contributed by atoms with Gasteiger partial charge in [-0.2, -0.15) is 0 Å². The number of carbonyl (C=O) groups excluding carboxylic acids is 3. The van der Waals surface area contributed by atoms with E-state index >= 15 is 0 Å². The number of hydrogen-bond donors (Lipinski definition) is 1. The number of hydrogen-bond acceptors (Lipinski definition) is 4. The molecule has 1 aliphatic carbocycles. The van der Waals surface area contributed by atoms with Crippen LogP contribution in [0.4, 0.5) is 0 Å². The lowest BCUT2D eigenvalue weighted by molar-refractivity contribution is -0.115. The quantitative estimate of drug-likeness (QED) is 0.694. The third kappa shape index (κ3) is 3.11. The van der Waals surface area contributed by atoms with Gasteiger partial charge in [0.1, 0.15) is 11.5 Å². The van der Waals surface area contributed by atoms with E-state index in [4.69, 9.17) is 0 Å². The van der Waals surface area contributed by atoms with Crippen molar-refractivity contribution in [3.8, 4) is 0 Å². The summed E-state index contributed by atoms with van der Waals surface area (Å²) in [5.74, 6) is -1.20. The largest absolute Gasteiger partial charge is 0.507 e. The molecule has 1 N–H and O–H groups in total. The number of aliphatic hydroxyl groups is 1. The van der Waals surface area contributed by atoms with Gasteiger partial charge >= 0.3 is 0 Å². The van der Waals surface area contributed by atoms with E-state index in [1.165, 1.54) is 19.9 Å². The number of benzene rings is 1. The fraction of sp³-hybridized carbons (Fsp3) is 0.154. The summed E-state index contributed by atoms with van der Waals surface area (Å²) in [5.41, 5.74) is 0.694. The van der Waals surface area contributed by atoms with Crippen molar-refractivity contribution in [2.75, 3.05) is 0 Å². The molecule has 0 radical (unpaired) electrons. The average molecular weight is 232 g/mol. The highest BCUT2D eigenvalue weighted by atomic mass is 16.3. The Morgan fingerprint density at radius 1 is 1.06 bits per heavy atom. The smallest absolute Gasteiger partial charge is 0.233 e. The lowest BCUT2D eigenvalue weighted by Gasteiger charge is -2.10. The third-order valence-electron chi connectivity index (χ3n) is 1.94. The lowest BCUT2D eigenvalue weighted by atomic mass is 9.94. The first-order chi connectivity index (χ1) is 7.93. The molecule has 0 aromatic heterocycles. The molecule has 88 valence electrons. The molecule has 0 bridgehead atoms. The number of aliphatic hydroxyl groups excluding tert-OH is 1. The molecule has 17 heavy (non-hydrogen) atoms. The van der Waals surface area contributed by atoms with Crippen molar-refractivity contribution in [2.24, 2.45) is 0 Å². The number of carbonyl (C=O) groups is 3. The summed E-state index contributed by atoms with van der Waals surface area (Å²) in [6.07, 6.45) is 0.949. The lowest BCUT2D eigenvalue weighted by Crippen LogP contribution is -2.18. The number of fused-ring (bicyclic) bond motifs is 1. The minimum absolute atomic E-state index is 0.139. The number of rotatable bonds is 0. The first kappa shape index (κ1) is 12.8. The van der Waals surface area contributed by atoms with Crippen LogP contribution < -0.4 is 0 Å². The molecule has 1 aromatic rings. The maximum absolute atomic E-state index is 11.3. The van der Waals surface area contributed by atoms with Crippen LogP contribution in [0.15, 0.2) is 30.3 Å². The van der Waals surface area contributed by atoms with Gasteiger partial charge < -0.3 is 9.90 Å². The van der Waals surface area contributed by atoms with Crippen LogP contribution in [0.2, 0.25) is 0 Å². The fourth-order valence-electron chi connectivity index (χ4n) is 1.30. The summed E-state index contributed by atoms with van der Waals surface area (Å²) in [4.78, 5) is 31.7. The van der Waals surface area contributed by atoms with E-state index in [1.54, 1.807) is 18.2 Å². The Morgan fingerprint density at radius 3 is 2.06 bits per heavy atom. The van der Waals surface area contributed by atoms with Crippen molar-refractivity contribution in [1.29, 1.82) is 0 Å². The second kappa shape index (κ2) is 5.21. The van der Waals surface area contributed by atoms with Crippen LogP contribution in [0, 0.1) is 0 Å². The predicted octanol–water partition coefficient (Wildman–Crippen LogP) is 1.95. The highest BCUT2D eigenvalue weighted by Crippen LogP contribution is 2.22. The van der Waals surface area contributed by atoms with Gasteiger partial charge in [-0.15, -0.1) is 0 Å². The zero-order valence-corrected chi connectivity index (χ0v) is 9.56. The zero-order chi connectivity index (χ0) is 13.0. The molecule has 4 nitrogen and oxygen atoms in total. The van der Waals surface area contributed by atoms with E-state index in [2.05, 4.69) is 0 Å². The second-order valence-corrected chi connectivity index (χ2v) is 3.68. The van der Waals surface area contributed by atoms with E-state index in [9.17, 15) is 19.5 Å². The molecule has 0 saturated heterocycles. The number of allylic oxidation sites excluding steroid dienone is 1. The highest BCUT2D eigenvalue weighted by Gasteiger charge is 2.24. The summed E-state index contributed by atoms with van der Waals surface area (Å²) in [5, 5.41) is 9.34. The molecule has 0 fully saturated rings. The Labute approximate surface area is 98.6 Å². The van der Waals surface area contributed by atoms with Crippen LogP contribution in [0.5, 0.6) is 0 Å². The molecule has 0 saturated carbocycles. The fourth-order valence-corrected chi connectivity index (χ4v) is 1.30. The minimum atomic E-state index is -0.670. The molecule has 0 unspecified atom stereocenters. The molecule has 0 heterocycles. The molecule has 0 amide bonds. The molecule has 2 rings (SSSR count). The summed E-state index contributed by atoms with van der Waals surface area (Å²) in [6, 6.07) is 6.48. The highest BCUT2D eigenvalue weighted by molar-refractivity contribution is 6.50. The second-order valence-electron chi connectivity index (χ2n) is 3.68. The van der Waals surface area contributed by atoms with Crippen LogP contribution in [0.3, 0.4) is 0 Å². The first-order valence-electron chi connectivity index (χ1n) is 4.99. The molecular weight excluding hydrogens is 220 g/mol. The Morgan fingerprint density at radius 2 is 1.53 bits per heavy atom. The first-order valence-corrected chi connectivity index (χ1v) is 4.99. The zero-order valence-electron chi connectivity index (χ0n) is 9.56. The summed E-state index contributed by atoms with van der Waals surface area (Å²) < 4.78 is 0. The van der Waals surface area contributed by atoms with Gasteiger partial charge in [0, 0.05) is 17.2 Å². The Balaban J connectivity index is 0.000000317. The van der Waals surface area contributed by atoms with Crippen molar-refractivity contribution in [1.82, 2.24) is 0 Å². The average Bonchev–Trinajstić information content (AvgIpc) is 2.25. The molecule has 0 atom stereocenters. The van der Waals surface area contributed by atoms with Gasteiger partial charge in [0.25, 0.3) is 0 Å². The van der Waals surface area contributed by atoms with Crippen molar-refractivity contribution in [2.45, 2.75) is 13.8 Å². The molecular formula is C13H12O4. The molecule has 0 spiro atoms. The molecule has 1 aromatic carbocycles. The number of ketones is 3. The van der Waals surface area contributed by atoms with Gasteiger partial charge in [-0.3, -0.25) is 9.59 Å². The van der Waals surface area contributed by atoms with Crippen LogP contribution in [-0.2, 0) is 9.59 Å². The SMILES string of the molecule is CC(C)=O.O=C1C=C(O)c2ccccc2C1=O. The van der Waals surface area contributed by atoms with Crippen molar-refractivity contribution >= 4 is 23.1 Å². The van der Waals surface area contributed by atoms with Crippen LogP contribution in [0.25, 0.3) is 5.76 Å². The summed E-state index contributed by atoms with van der Waals surface area (Å²) in [7, 11) is 0. The van der Waals surface area contributed by atoms with E-state index in [0.717, 1.165) is 6.08 Å². The van der Waals surface area contributed by atoms with Gasteiger partial charge in [0.2, 0.25) is 11.6 Å². The van der Waals surface area contributed by atoms with Gasteiger partial charge in [0.15, 0.2) is 0 Å². The van der Waals surface area contributed by atoms with E-state index < -0.39 is 11.6 Å². The van der Waals surface area contributed by atoms with Gasteiger partial charge in [0.05, 0.1) is 0 Å². The van der Waals surface area contributed by atoms with Crippen LogP contribution in [-0.4, -0.2) is 22.5 Å². The number of Topliss-reactive ketones (excluding diaryl/α,β-unsaturated/α-hetero) is 2. The standard InChI is InChI=1S/C10H6O3.C3H6O/c11-8-5-9(12)10(13)7-4-2-1-3-6(7)8;1-3(2)4/h1-5,11H;1-2H3. The van der Waals surface area contributed by atoms with Gasteiger partial charge in [-0.05, 0) is 13.8 Å². The Bertz CT molecular complexity index is 508. The maximum Gasteiger partial charge on any atom is 0.233 e. The van der Waals surface area contributed by atoms with Crippen molar-refractivity contribution in [3.05, 3.63) is 41.5 Å². The van der Waals surface area contributed by atoms with E-state index in [-0.39, 0.29) is 17.1 Å². The van der Waals surface area contributed by atoms with Gasteiger partial charge in [-0.1, -0.05) is 24.3 Å². The molecule has 0 aliphatic heterocycles. The molecule has 1 aliphatic rings. The van der Waals surface area contributed by atoms with Crippen LogP contribution >= 0.6 is 0 Å². The minimum Gasteiger partial charge on any atom is -0.507 e. The predicted molar refractivity (Wildman–Crippen MR) is 62.7 cm³/mol. The van der Waals surface area contributed by atoms with Crippen molar-refractivity contribution in [3.63, 3.8) is 0 Å². The van der Waals surface area contributed by atoms with E-state index in [1.807, 2.05) is 0 Å². The van der Waals surface area contributed by atoms with Gasteiger partial charge in [-0.25, -0.2) is 0 Å². The summed E-state index contributed by atoms with van der Waals surface area (Å²) in [6.45, 7) is 3.06. The monoisotopic (exact) mass is 232 g/mol. The normalized spacial score (nSPS) is 13.2. The Hall–Kier alpha value is -2.23. The summed E-state index contributed by atoms with van der Waals surface area (Å²) >= 11 is 0. The maximum atomic E-state index is 11.3. The van der Waals surface area contributed by atoms with E-state index in [0.29, 0.717) is 5.56 Å².